The van der Waals surface area contributed by atoms with E-state index in [9.17, 15) is 9.90 Å². The zero-order valence-corrected chi connectivity index (χ0v) is 10.3. The summed E-state index contributed by atoms with van der Waals surface area (Å²) in [5.41, 5.74) is -0.184. The molecule has 0 heterocycles. The summed E-state index contributed by atoms with van der Waals surface area (Å²) in [5.74, 6) is -0.221. The van der Waals surface area contributed by atoms with E-state index >= 15 is 0 Å². The summed E-state index contributed by atoms with van der Waals surface area (Å²) in [6.45, 7) is 5.39. The average molecular weight is 247 g/mol. The van der Waals surface area contributed by atoms with Gasteiger partial charge in [0.1, 0.15) is 5.75 Å². The smallest absolute Gasteiger partial charge is 0.169 e. The third kappa shape index (κ3) is 2.64. The third-order valence-corrected chi connectivity index (χ3v) is 2.58. The zero-order valence-electron chi connectivity index (χ0n) is 8.77. The summed E-state index contributed by atoms with van der Waals surface area (Å²) in [6.07, 6.45) is 0. The molecule has 1 N–H and O–H groups in total. The Morgan fingerprint density at radius 3 is 2.20 bits per heavy atom. The van der Waals surface area contributed by atoms with Gasteiger partial charge in [-0.05, 0) is 6.07 Å². The van der Waals surface area contributed by atoms with Crippen molar-refractivity contribution < 1.29 is 9.90 Å². The lowest BCUT2D eigenvalue weighted by Gasteiger charge is -2.17. The van der Waals surface area contributed by atoms with E-state index in [4.69, 9.17) is 23.2 Å². The first-order valence-corrected chi connectivity index (χ1v) is 5.22. The van der Waals surface area contributed by atoms with Crippen LogP contribution in [-0.4, -0.2) is 10.9 Å². The van der Waals surface area contributed by atoms with Crippen molar-refractivity contribution in [3.05, 3.63) is 27.7 Å². The fraction of sp³-hybridized carbons (Fsp3) is 0.364. The van der Waals surface area contributed by atoms with Gasteiger partial charge in [0, 0.05) is 17.0 Å². The predicted molar refractivity (Wildman–Crippen MR) is 61.9 cm³/mol. The van der Waals surface area contributed by atoms with Crippen LogP contribution in [0.25, 0.3) is 0 Å². The second-order valence-corrected chi connectivity index (χ2v) is 5.18. The highest BCUT2D eigenvalue weighted by Gasteiger charge is 2.25. The van der Waals surface area contributed by atoms with Crippen LogP contribution in [0.4, 0.5) is 0 Å². The fourth-order valence-corrected chi connectivity index (χ4v) is 1.52. The van der Waals surface area contributed by atoms with E-state index in [1.165, 1.54) is 12.1 Å². The number of carbonyl (C=O) groups excluding carboxylic acids is 1. The largest absolute Gasteiger partial charge is 0.506 e. The van der Waals surface area contributed by atoms with Gasteiger partial charge in [-0.15, -0.1) is 0 Å². The molecule has 0 bridgehead atoms. The molecule has 1 aromatic rings. The number of aromatic hydroxyl groups is 1. The average Bonchev–Trinajstić information content (AvgIpc) is 2.08. The number of rotatable bonds is 1. The van der Waals surface area contributed by atoms with Gasteiger partial charge in [-0.25, -0.2) is 0 Å². The molecule has 2 nitrogen and oxygen atoms in total. The van der Waals surface area contributed by atoms with Gasteiger partial charge in [-0.3, -0.25) is 4.79 Å². The summed E-state index contributed by atoms with van der Waals surface area (Å²) in [7, 11) is 0. The molecule has 0 saturated heterocycles. The highest BCUT2D eigenvalue weighted by atomic mass is 35.5. The number of hydrogen-bond acceptors (Lipinski definition) is 2. The van der Waals surface area contributed by atoms with Crippen molar-refractivity contribution in [3.8, 4) is 5.75 Å². The van der Waals surface area contributed by atoms with E-state index in [1.807, 2.05) is 0 Å². The molecule has 0 fully saturated rings. The lowest BCUT2D eigenvalue weighted by molar-refractivity contribution is 0.0858. The molecular weight excluding hydrogens is 235 g/mol. The maximum Gasteiger partial charge on any atom is 0.169 e. The van der Waals surface area contributed by atoms with Gasteiger partial charge in [0.15, 0.2) is 5.78 Å². The first-order valence-electron chi connectivity index (χ1n) is 4.46. The first kappa shape index (κ1) is 12.3. The van der Waals surface area contributed by atoms with Crippen LogP contribution < -0.4 is 0 Å². The molecule has 15 heavy (non-hydrogen) atoms. The summed E-state index contributed by atoms with van der Waals surface area (Å²) < 4.78 is 0. The van der Waals surface area contributed by atoms with Crippen molar-refractivity contribution in [3.63, 3.8) is 0 Å². The van der Waals surface area contributed by atoms with Crippen LogP contribution in [0.1, 0.15) is 31.1 Å². The molecule has 0 amide bonds. The number of hydrogen-bond donors (Lipinski definition) is 1. The SMILES string of the molecule is CC(C)(C)C(=O)c1cc(Cl)c(O)cc1Cl. The summed E-state index contributed by atoms with van der Waals surface area (Å²) in [4.78, 5) is 11.9. The minimum absolute atomic E-state index is 0.102. The van der Waals surface area contributed by atoms with Crippen LogP contribution in [0, 0.1) is 5.41 Å². The van der Waals surface area contributed by atoms with Crippen molar-refractivity contribution >= 4 is 29.0 Å². The Morgan fingerprint density at radius 1 is 1.20 bits per heavy atom. The Morgan fingerprint density at radius 2 is 1.73 bits per heavy atom. The molecular formula is C11H12Cl2O2. The van der Waals surface area contributed by atoms with Crippen molar-refractivity contribution in [2.24, 2.45) is 5.41 Å². The van der Waals surface area contributed by atoms with E-state index in [2.05, 4.69) is 0 Å². The van der Waals surface area contributed by atoms with E-state index in [0.717, 1.165) is 0 Å². The molecule has 0 aliphatic rings. The Bertz CT molecular complexity index is 406. The van der Waals surface area contributed by atoms with Gasteiger partial charge in [0.2, 0.25) is 0 Å². The second kappa shape index (κ2) is 4.03. The Labute approximate surface area is 98.8 Å². The molecule has 1 aromatic carbocycles. The number of phenols is 1. The molecule has 0 spiro atoms. The number of ketones is 1. The number of benzene rings is 1. The minimum atomic E-state index is -0.524. The van der Waals surface area contributed by atoms with Crippen LogP contribution in [0.3, 0.4) is 0 Å². The third-order valence-electron chi connectivity index (χ3n) is 1.96. The molecule has 82 valence electrons. The molecule has 0 aliphatic heterocycles. The van der Waals surface area contributed by atoms with Gasteiger partial charge >= 0.3 is 0 Å². The molecule has 0 unspecified atom stereocenters. The van der Waals surface area contributed by atoms with Crippen LogP contribution in [0.5, 0.6) is 5.75 Å². The lowest BCUT2D eigenvalue weighted by atomic mass is 9.86. The van der Waals surface area contributed by atoms with Crippen LogP contribution >= 0.6 is 23.2 Å². The van der Waals surface area contributed by atoms with E-state index < -0.39 is 5.41 Å². The van der Waals surface area contributed by atoms with Gasteiger partial charge in [-0.1, -0.05) is 44.0 Å². The monoisotopic (exact) mass is 246 g/mol. The van der Waals surface area contributed by atoms with Gasteiger partial charge in [0.25, 0.3) is 0 Å². The topological polar surface area (TPSA) is 37.3 Å². The molecule has 0 aliphatic carbocycles. The minimum Gasteiger partial charge on any atom is -0.506 e. The summed E-state index contributed by atoms with van der Waals surface area (Å²) in [6, 6.07) is 2.68. The van der Waals surface area contributed by atoms with E-state index in [1.54, 1.807) is 20.8 Å². The Balaban J connectivity index is 3.28. The number of Topliss-reactive ketones (excluding diaryl/α,β-unsaturated/α-hetero) is 1. The molecule has 4 heteroatoms. The highest BCUT2D eigenvalue weighted by Crippen LogP contribution is 2.33. The highest BCUT2D eigenvalue weighted by molar-refractivity contribution is 6.37. The van der Waals surface area contributed by atoms with Gasteiger partial charge in [-0.2, -0.15) is 0 Å². The van der Waals surface area contributed by atoms with Crippen LogP contribution in [-0.2, 0) is 0 Å². The summed E-state index contributed by atoms with van der Waals surface area (Å²) in [5, 5.41) is 9.63. The number of phenolic OH excluding ortho intramolecular Hbond substituents is 1. The predicted octanol–water partition coefficient (Wildman–Crippen LogP) is 3.93. The molecule has 0 radical (unpaired) electrons. The first-order chi connectivity index (χ1) is 6.73. The van der Waals surface area contributed by atoms with Crippen molar-refractivity contribution in [2.75, 3.05) is 0 Å². The Kier molecular flexibility index (Phi) is 3.31. The summed E-state index contributed by atoms with van der Waals surface area (Å²) >= 11 is 11.6. The van der Waals surface area contributed by atoms with Crippen molar-refractivity contribution in [1.82, 2.24) is 0 Å². The van der Waals surface area contributed by atoms with E-state index in [0.29, 0.717) is 5.56 Å². The number of halogens is 2. The Hall–Kier alpha value is -0.730. The maximum atomic E-state index is 11.9. The molecule has 0 atom stereocenters. The molecule has 0 aromatic heterocycles. The van der Waals surface area contributed by atoms with E-state index in [-0.39, 0.29) is 21.6 Å². The standard InChI is InChI=1S/C11H12Cl2O2/c1-11(2,3)10(15)6-4-8(13)9(14)5-7(6)12/h4-5,14H,1-3H3. The van der Waals surface area contributed by atoms with Crippen molar-refractivity contribution in [2.45, 2.75) is 20.8 Å². The van der Waals surface area contributed by atoms with Crippen LogP contribution in [0.2, 0.25) is 10.0 Å². The normalized spacial score (nSPS) is 11.5. The van der Waals surface area contributed by atoms with Crippen LogP contribution in [0.15, 0.2) is 12.1 Å². The van der Waals surface area contributed by atoms with Gasteiger partial charge < -0.3 is 5.11 Å². The quantitative estimate of drug-likeness (QED) is 0.763. The molecule has 0 saturated carbocycles. The lowest BCUT2D eigenvalue weighted by Crippen LogP contribution is -2.20. The fourth-order valence-electron chi connectivity index (χ4n) is 1.11. The molecule has 1 rings (SSSR count). The maximum absolute atomic E-state index is 11.9. The second-order valence-electron chi connectivity index (χ2n) is 4.36. The number of carbonyl (C=O) groups is 1. The zero-order chi connectivity index (χ0) is 11.8. The van der Waals surface area contributed by atoms with Crippen molar-refractivity contribution in [1.29, 1.82) is 0 Å². The van der Waals surface area contributed by atoms with Gasteiger partial charge in [0.05, 0.1) is 10.0 Å².